The number of rotatable bonds is 2. The van der Waals surface area contributed by atoms with Crippen LogP contribution in [0.15, 0.2) is 6.07 Å². The molecular weight excluding hydrogens is 276 g/mol. The van der Waals surface area contributed by atoms with Gasteiger partial charge in [-0.15, -0.1) is 0 Å². The fourth-order valence-electron chi connectivity index (χ4n) is 4.17. The molecule has 2 aliphatic heterocycles. The summed E-state index contributed by atoms with van der Waals surface area (Å²) in [6, 6.07) is 2.00. The lowest BCUT2D eigenvalue weighted by Gasteiger charge is -2.45. The highest BCUT2D eigenvalue weighted by Crippen LogP contribution is 2.47. The van der Waals surface area contributed by atoms with Crippen molar-refractivity contribution in [2.75, 3.05) is 52.5 Å². The van der Waals surface area contributed by atoms with Gasteiger partial charge < -0.3 is 10.0 Å². The minimum atomic E-state index is 0.470. The lowest BCUT2D eigenvalue weighted by atomic mass is 9.96. The van der Waals surface area contributed by atoms with Crippen molar-refractivity contribution in [2.45, 2.75) is 26.9 Å². The van der Waals surface area contributed by atoms with Crippen molar-refractivity contribution >= 4 is 11.4 Å². The van der Waals surface area contributed by atoms with Gasteiger partial charge in [-0.25, -0.2) is 0 Å². The summed E-state index contributed by atoms with van der Waals surface area (Å²) in [5.74, 6) is 0.470. The van der Waals surface area contributed by atoms with Gasteiger partial charge in [-0.05, 0) is 39.6 Å². The van der Waals surface area contributed by atoms with E-state index in [1.165, 1.54) is 16.8 Å². The van der Waals surface area contributed by atoms with Crippen molar-refractivity contribution in [3.8, 4) is 5.75 Å². The van der Waals surface area contributed by atoms with Crippen molar-refractivity contribution in [3.05, 3.63) is 17.2 Å². The second-order valence-corrected chi connectivity index (χ2v) is 7.11. The van der Waals surface area contributed by atoms with Crippen molar-refractivity contribution < 1.29 is 5.11 Å². The molecule has 0 aliphatic carbocycles. The summed E-state index contributed by atoms with van der Waals surface area (Å²) in [4.78, 5) is 7.12. The predicted molar refractivity (Wildman–Crippen MR) is 92.1 cm³/mol. The van der Waals surface area contributed by atoms with E-state index >= 15 is 0 Å². The van der Waals surface area contributed by atoms with Crippen LogP contribution in [0, 0.1) is 0 Å². The number of aromatic hydroxyl groups is 1. The van der Waals surface area contributed by atoms with Crippen molar-refractivity contribution in [1.29, 1.82) is 0 Å². The summed E-state index contributed by atoms with van der Waals surface area (Å²) in [5, 5.41) is 10.7. The molecule has 0 amide bonds. The molecule has 0 radical (unpaired) electrons. The number of hydrogen-bond acceptors (Lipinski definition) is 4. The number of phenols is 1. The predicted octanol–water partition coefficient (Wildman–Crippen LogP) is 1.98. The Morgan fingerprint density at radius 1 is 1.18 bits per heavy atom. The molecule has 1 atom stereocenters. The Balaban J connectivity index is 2.25. The number of anilines is 1. The zero-order valence-corrected chi connectivity index (χ0v) is 14.6. The SMILES string of the molecule is CCN1CN(C)Cc2cc(O)c3c(c21)CN(C)C[N+]3(C)CC. The Hall–Kier alpha value is -1.30. The van der Waals surface area contributed by atoms with Crippen LogP contribution in [0.25, 0.3) is 0 Å². The van der Waals surface area contributed by atoms with Crippen LogP contribution in [0.4, 0.5) is 11.4 Å². The smallest absolute Gasteiger partial charge is 0.182 e. The van der Waals surface area contributed by atoms with Gasteiger partial charge in [0.15, 0.2) is 11.4 Å². The fraction of sp³-hybridized carbons (Fsp3) is 0.647. The van der Waals surface area contributed by atoms with Crippen LogP contribution in [-0.2, 0) is 13.1 Å². The molecule has 1 unspecified atom stereocenters. The average Bonchev–Trinajstić information content (AvgIpc) is 2.44. The highest BCUT2D eigenvalue weighted by Gasteiger charge is 2.40. The van der Waals surface area contributed by atoms with E-state index in [1.807, 2.05) is 6.07 Å². The summed E-state index contributed by atoms with van der Waals surface area (Å²) < 4.78 is 0.776. The number of phenolic OH excluding ortho intramolecular Hbond substituents is 1. The van der Waals surface area contributed by atoms with Gasteiger partial charge in [-0.1, -0.05) is 0 Å². The third-order valence-corrected chi connectivity index (χ3v) is 5.20. The van der Waals surface area contributed by atoms with Gasteiger partial charge in [0.25, 0.3) is 0 Å². The number of hydrogen-bond donors (Lipinski definition) is 1. The molecule has 0 spiro atoms. The standard InChI is InChI=1S/C17H28N4O/c1-6-20-11-18(3)9-13-8-15(22)17-14(16(13)20)10-19(4)12-21(17,5)7-2/h8H,6-7,9-12H2,1-5H3/p+1. The maximum Gasteiger partial charge on any atom is 0.182 e. The van der Waals surface area contributed by atoms with E-state index in [0.29, 0.717) is 5.75 Å². The lowest BCUT2D eigenvalue weighted by Crippen LogP contribution is -2.55. The molecule has 2 heterocycles. The zero-order valence-electron chi connectivity index (χ0n) is 14.6. The monoisotopic (exact) mass is 305 g/mol. The number of benzene rings is 1. The molecule has 122 valence electrons. The molecule has 0 saturated carbocycles. The quantitative estimate of drug-likeness (QED) is 0.846. The topological polar surface area (TPSA) is 30.0 Å². The molecule has 0 fully saturated rings. The number of quaternary nitrogens is 1. The largest absolute Gasteiger partial charge is 0.503 e. The van der Waals surface area contributed by atoms with E-state index in [9.17, 15) is 5.11 Å². The molecule has 0 saturated heterocycles. The first-order chi connectivity index (χ1) is 10.4. The molecule has 0 bridgehead atoms. The summed E-state index contributed by atoms with van der Waals surface area (Å²) in [6.07, 6.45) is 0. The Labute approximate surface area is 133 Å². The van der Waals surface area contributed by atoms with Gasteiger partial charge in [-0.3, -0.25) is 14.3 Å². The zero-order chi connectivity index (χ0) is 16.1. The molecule has 22 heavy (non-hydrogen) atoms. The number of fused-ring (bicyclic) bond motifs is 3. The molecule has 1 aromatic rings. The molecule has 1 N–H and O–H groups in total. The van der Waals surface area contributed by atoms with Crippen LogP contribution >= 0.6 is 0 Å². The molecule has 2 aliphatic rings. The van der Waals surface area contributed by atoms with Crippen LogP contribution in [-0.4, -0.2) is 62.5 Å². The lowest BCUT2D eigenvalue weighted by molar-refractivity contribution is 0.159. The summed E-state index contributed by atoms with van der Waals surface area (Å²) in [6.45, 7) is 10.1. The third-order valence-electron chi connectivity index (χ3n) is 5.20. The third kappa shape index (κ3) is 2.28. The Morgan fingerprint density at radius 3 is 2.55 bits per heavy atom. The van der Waals surface area contributed by atoms with E-state index in [0.717, 1.165) is 49.7 Å². The van der Waals surface area contributed by atoms with E-state index in [1.54, 1.807) is 0 Å². The van der Waals surface area contributed by atoms with Gasteiger partial charge in [-0.2, -0.15) is 0 Å². The highest BCUT2D eigenvalue weighted by atomic mass is 16.3. The van der Waals surface area contributed by atoms with Crippen LogP contribution in [0.1, 0.15) is 25.0 Å². The molecule has 5 heteroatoms. The average molecular weight is 305 g/mol. The number of nitrogens with zero attached hydrogens (tertiary/aromatic N) is 4. The first-order valence-electron chi connectivity index (χ1n) is 8.24. The molecule has 0 aromatic heterocycles. The van der Waals surface area contributed by atoms with Crippen LogP contribution < -0.4 is 9.38 Å². The van der Waals surface area contributed by atoms with E-state index in [2.05, 4.69) is 49.7 Å². The van der Waals surface area contributed by atoms with E-state index in [-0.39, 0.29) is 0 Å². The molecule has 5 nitrogen and oxygen atoms in total. The minimum Gasteiger partial charge on any atom is -0.503 e. The van der Waals surface area contributed by atoms with Crippen molar-refractivity contribution in [3.63, 3.8) is 0 Å². The first-order valence-corrected chi connectivity index (χ1v) is 8.24. The molecule has 1 aromatic carbocycles. The fourth-order valence-corrected chi connectivity index (χ4v) is 4.17. The summed E-state index contributed by atoms with van der Waals surface area (Å²) in [7, 11) is 6.54. The minimum absolute atomic E-state index is 0.470. The van der Waals surface area contributed by atoms with Crippen molar-refractivity contribution in [2.24, 2.45) is 0 Å². The highest BCUT2D eigenvalue weighted by molar-refractivity contribution is 5.76. The normalized spacial score (nSPS) is 26.0. The van der Waals surface area contributed by atoms with Gasteiger partial charge in [0, 0.05) is 19.6 Å². The second-order valence-electron chi connectivity index (χ2n) is 7.11. The van der Waals surface area contributed by atoms with Gasteiger partial charge in [0.1, 0.15) is 6.67 Å². The van der Waals surface area contributed by atoms with Gasteiger partial charge in [0.05, 0.1) is 31.5 Å². The van der Waals surface area contributed by atoms with E-state index < -0.39 is 0 Å². The maximum absolute atomic E-state index is 10.7. The Bertz CT molecular complexity index is 589. The Morgan fingerprint density at radius 2 is 1.91 bits per heavy atom. The van der Waals surface area contributed by atoms with E-state index in [4.69, 9.17) is 0 Å². The molecular formula is C17H29N4O+. The second kappa shape index (κ2) is 5.41. The Kier molecular flexibility index (Phi) is 3.83. The summed E-state index contributed by atoms with van der Waals surface area (Å²) >= 11 is 0. The van der Waals surface area contributed by atoms with Crippen LogP contribution in [0.2, 0.25) is 0 Å². The van der Waals surface area contributed by atoms with Gasteiger partial charge >= 0.3 is 0 Å². The first kappa shape index (κ1) is 15.6. The van der Waals surface area contributed by atoms with Gasteiger partial charge in [0.2, 0.25) is 0 Å². The van der Waals surface area contributed by atoms with Crippen molar-refractivity contribution in [1.82, 2.24) is 14.3 Å². The summed E-state index contributed by atoms with van der Waals surface area (Å²) in [5.41, 5.74) is 5.06. The van der Waals surface area contributed by atoms with Crippen LogP contribution in [0.5, 0.6) is 5.75 Å². The molecule has 3 rings (SSSR count). The van der Waals surface area contributed by atoms with Crippen LogP contribution in [0.3, 0.4) is 0 Å². The maximum atomic E-state index is 10.7.